The van der Waals surface area contributed by atoms with Crippen molar-refractivity contribution < 1.29 is 19.4 Å². The first kappa shape index (κ1) is 20.6. The molecule has 1 atom stereocenters. The average Bonchev–Trinajstić information content (AvgIpc) is 2.59. The summed E-state index contributed by atoms with van der Waals surface area (Å²) in [6.07, 6.45) is 2.58. The van der Waals surface area contributed by atoms with E-state index in [0.29, 0.717) is 25.9 Å². The van der Waals surface area contributed by atoms with E-state index in [1.54, 1.807) is 4.90 Å². The van der Waals surface area contributed by atoms with Gasteiger partial charge < -0.3 is 14.7 Å². The van der Waals surface area contributed by atoms with E-state index < -0.39 is 17.1 Å². The molecule has 2 N–H and O–H groups in total. The van der Waals surface area contributed by atoms with E-state index in [0.717, 1.165) is 18.4 Å². The van der Waals surface area contributed by atoms with Crippen LogP contribution in [0.2, 0.25) is 0 Å². The van der Waals surface area contributed by atoms with Crippen molar-refractivity contribution in [3.05, 3.63) is 35.9 Å². The summed E-state index contributed by atoms with van der Waals surface area (Å²) >= 11 is 0. The third-order valence-electron chi connectivity index (χ3n) is 6.03. The number of carbonyl (C=O) groups excluding carboxylic acids is 1. The van der Waals surface area contributed by atoms with Crippen molar-refractivity contribution in [3.63, 3.8) is 0 Å². The van der Waals surface area contributed by atoms with Crippen molar-refractivity contribution in [2.24, 2.45) is 5.41 Å². The van der Waals surface area contributed by atoms with E-state index in [4.69, 9.17) is 4.74 Å². The molecule has 1 aliphatic heterocycles. The number of aliphatic carboxylic acids is 1. The van der Waals surface area contributed by atoms with Gasteiger partial charge in [0, 0.05) is 19.1 Å². The van der Waals surface area contributed by atoms with Gasteiger partial charge in [0.15, 0.2) is 0 Å². The molecule has 1 spiro atoms. The number of hydrogen-bond donors (Lipinski definition) is 2. The lowest BCUT2D eigenvalue weighted by atomic mass is 9.53. The van der Waals surface area contributed by atoms with Crippen LogP contribution in [-0.2, 0) is 9.53 Å². The third-order valence-corrected chi connectivity index (χ3v) is 6.03. The second-order valence-electron chi connectivity index (χ2n) is 9.48. The number of piperidine rings is 1. The van der Waals surface area contributed by atoms with Gasteiger partial charge in [-0.05, 0) is 64.4 Å². The van der Waals surface area contributed by atoms with Crippen LogP contribution in [0.25, 0.3) is 0 Å². The van der Waals surface area contributed by atoms with Gasteiger partial charge in [-0.15, -0.1) is 0 Å². The van der Waals surface area contributed by atoms with Gasteiger partial charge in [-0.3, -0.25) is 10.1 Å². The molecular weight excluding hydrogens is 356 g/mol. The van der Waals surface area contributed by atoms with Crippen molar-refractivity contribution in [1.29, 1.82) is 0 Å². The van der Waals surface area contributed by atoms with E-state index in [-0.39, 0.29) is 17.6 Å². The van der Waals surface area contributed by atoms with Crippen LogP contribution < -0.4 is 5.32 Å². The predicted molar refractivity (Wildman–Crippen MR) is 107 cm³/mol. The lowest BCUT2D eigenvalue weighted by Gasteiger charge is -2.57. The molecule has 0 unspecified atom stereocenters. The zero-order valence-electron chi connectivity index (χ0n) is 17.3. The van der Waals surface area contributed by atoms with E-state index in [1.165, 1.54) is 0 Å². The fourth-order valence-corrected chi connectivity index (χ4v) is 4.63. The Hall–Kier alpha value is -2.08. The lowest BCUT2D eigenvalue weighted by Crippen LogP contribution is -2.67. The van der Waals surface area contributed by atoms with E-state index in [9.17, 15) is 14.7 Å². The van der Waals surface area contributed by atoms with Crippen molar-refractivity contribution >= 4 is 12.1 Å². The summed E-state index contributed by atoms with van der Waals surface area (Å²) in [6.45, 7) is 8.85. The molecular formula is C22H32N2O4. The van der Waals surface area contributed by atoms with Crippen molar-refractivity contribution in [1.82, 2.24) is 10.2 Å². The van der Waals surface area contributed by atoms with E-state index >= 15 is 0 Å². The van der Waals surface area contributed by atoms with Crippen LogP contribution in [0.5, 0.6) is 0 Å². The molecule has 0 aromatic heterocycles. The standard InChI is InChI=1S/C22H32N2O4/c1-16(17-8-6-5-7-9-17)23-22(18(25)26)14-21(15-22)10-12-24(13-11-21)19(27)28-20(2,3)4/h5-9,16,23H,10-15H2,1-4H3,(H,25,26)/t16-/m0/s1. The van der Waals surface area contributed by atoms with Crippen LogP contribution >= 0.6 is 0 Å². The molecule has 28 heavy (non-hydrogen) atoms. The van der Waals surface area contributed by atoms with Crippen molar-refractivity contribution in [2.45, 2.75) is 70.6 Å². The maximum atomic E-state index is 12.3. The highest BCUT2D eigenvalue weighted by atomic mass is 16.6. The fraction of sp³-hybridized carbons (Fsp3) is 0.636. The Balaban J connectivity index is 1.59. The van der Waals surface area contributed by atoms with Crippen LogP contribution in [0.4, 0.5) is 4.79 Å². The Bertz CT molecular complexity index is 710. The molecule has 154 valence electrons. The van der Waals surface area contributed by atoms with Crippen LogP contribution in [0.1, 0.15) is 65.0 Å². The van der Waals surface area contributed by atoms with Crippen molar-refractivity contribution in [2.75, 3.05) is 13.1 Å². The Morgan fingerprint density at radius 2 is 1.71 bits per heavy atom. The van der Waals surface area contributed by atoms with Gasteiger partial charge >= 0.3 is 12.1 Å². The molecule has 1 saturated carbocycles. The zero-order valence-corrected chi connectivity index (χ0v) is 17.3. The molecule has 0 radical (unpaired) electrons. The molecule has 1 heterocycles. The van der Waals surface area contributed by atoms with Crippen LogP contribution in [0.15, 0.2) is 30.3 Å². The second kappa shape index (κ2) is 7.39. The summed E-state index contributed by atoms with van der Waals surface area (Å²) in [4.78, 5) is 26.1. The summed E-state index contributed by atoms with van der Waals surface area (Å²) in [7, 11) is 0. The molecule has 0 bridgehead atoms. The first-order valence-electron chi connectivity index (χ1n) is 10.1. The van der Waals surface area contributed by atoms with Gasteiger partial charge in [0.2, 0.25) is 0 Å². The topological polar surface area (TPSA) is 78.9 Å². The smallest absolute Gasteiger partial charge is 0.410 e. The number of carbonyl (C=O) groups is 2. The highest BCUT2D eigenvalue weighted by Crippen LogP contribution is 2.55. The second-order valence-corrected chi connectivity index (χ2v) is 9.48. The van der Waals surface area contributed by atoms with Crippen LogP contribution in [0, 0.1) is 5.41 Å². The Kier molecular flexibility index (Phi) is 5.45. The first-order valence-corrected chi connectivity index (χ1v) is 10.1. The summed E-state index contributed by atoms with van der Waals surface area (Å²) < 4.78 is 5.46. The number of ether oxygens (including phenoxy) is 1. The number of benzene rings is 1. The molecule has 6 nitrogen and oxygen atoms in total. The number of likely N-dealkylation sites (tertiary alicyclic amines) is 1. The van der Waals surface area contributed by atoms with Gasteiger partial charge in [0.05, 0.1) is 0 Å². The van der Waals surface area contributed by atoms with E-state index in [1.807, 2.05) is 58.0 Å². The van der Waals surface area contributed by atoms with Gasteiger partial charge in [0.25, 0.3) is 0 Å². The quantitative estimate of drug-likeness (QED) is 0.816. The molecule has 1 aromatic carbocycles. The third kappa shape index (κ3) is 4.32. The molecule has 2 aliphatic rings. The van der Waals surface area contributed by atoms with Crippen molar-refractivity contribution in [3.8, 4) is 0 Å². The normalized spacial score (nSPS) is 21.6. The maximum Gasteiger partial charge on any atom is 0.410 e. The van der Waals surface area contributed by atoms with Gasteiger partial charge in [-0.2, -0.15) is 0 Å². The number of amides is 1. The highest BCUT2D eigenvalue weighted by Gasteiger charge is 2.60. The zero-order chi connectivity index (χ0) is 20.6. The monoisotopic (exact) mass is 388 g/mol. The highest BCUT2D eigenvalue weighted by molar-refractivity contribution is 5.81. The summed E-state index contributed by atoms with van der Waals surface area (Å²) in [5.74, 6) is -0.782. The number of nitrogens with zero attached hydrogens (tertiary/aromatic N) is 1. The van der Waals surface area contributed by atoms with Gasteiger partial charge in [-0.25, -0.2) is 4.79 Å². The minimum Gasteiger partial charge on any atom is -0.480 e. The Morgan fingerprint density at radius 1 is 1.14 bits per heavy atom. The molecule has 3 rings (SSSR count). The van der Waals surface area contributed by atoms with Gasteiger partial charge in [-0.1, -0.05) is 30.3 Å². The minimum atomic E-state index is -0.886. The maximum absolute atomic E-state index is 12.3. The molecule has 1 amide bonds. The molecule has 2 fully saturated rings. The number of rotatable bonds is 4. The van der Waals surface area contributed by atoms with Crippen LogP contribution in [-0.4, -0.2) is 46.3 Å². The lowest BCUT2D eigenvalue weighted by molar-refractivity contribution is -0.160. The fourth-order valence-electron chi connectivity index (χ4n) is 4.63. The Labute approximate surface area is 167 Å². The van der Waals surface area contributed by atoms with Gasteiger partial charge in [0.1, 0.15) is 11.1 Å². The van der Waals surface area contributed by atoms with E-state index in [2.05, 4.69) is 5.32 Å². The summed E-state index contributed by atoms with van der Waals surface area (Å²) in [5, 5.41) is 13.3. The number of nitrogens with one attached hydrogen (secondary N) is 1. The first-order chi connectivity index (χ1) is 13.0. The number of carboxylic acid groups (broad SMARTS) is 1. The largest absolute Gasteiger partial charge is 0.480 e. The average molecular weight is 389 g/mol. The number of carboxylic acids is 1. The molecule has 6 heteroatoms. The van der Waals surface area contributed by atoms with Crippen LogP contribution in [0.3, 0.4) is 0 Å². The Morgan fingerprint density at radius 3 is 2.21 bits per heavy atom. The number of hydrogen-bond acceptors (Lipinski definition) is 4. The SMILES string of the molecule is C[C@H](NC1(C(=O)O)CC2(CCN(C(=O)OC(C)(C)C)CC2)C1)c1ccccc1. The predicted octanol–water partition coefficient (Wildman–Crippen LogP) is 3.97. The molecule has 1 saturated heterocycles. The summed E-state index contributed by atoms with van der Waals surface area (Å²) in [5.41, 5.74) is -0.300. The molecule has 1 aromatic rings. The summed E-state index contributed by atoms with van der Waals surface area (Å²) in [6, 6.07) is 9.89. The molecule has 1 aliphatic carbocycles. The minimum absolute atomic E-state index is 0.000308.